The van der Waals surface area contributed by atoms with Crippen LogP contribution in [0.2, 0.25) is 0 Å². The number of pyridine rings is 1. The van der Waals surface area contributed by atoms with Crippen molar-refractivity contribution in [1.29, 1.82) is 0 Å². The lowest BCUT2D eigenvalue weighted by molar-refractivity contribution is 0.0699. The summed E-state index contributed by atoms with van der Waals surface area (Å²) >= 11 is 0. The van der Waals surface area contributed by atoms with E-state index in [1.807, 2.05) is 37.3 Å². The van der Waals surface area contributed by atoms with E-state index in [0.29, 0.717) is 22.2 Å². The third kappa shape index (κ3) is 3.64. The van der Waals surface area contributed by atoms with E-state index in [-0.39, 0.29) is 0 Å². The molecular weight excluding hydrogens is 354 g/mol. The first-order valence-corrected chi connectivity index (χ1v) is 9.40. The van der Waals surface area contributed by atoms with Crippen molar-refractivity contribution in [3.8, 4) is 5.75 Å². The number of rotatable bonds is 4. The highest BCUT2D eigenvalue weighted by Gasteiger charge is 2.21. The Morgan fingerprint density at radius 2 is 1.82 bits per heavy atom. The molecule has 28 heavy (non-hydrogen) atoms. The Bertz CT molecular complexity index is 1030. The van der Waals surface area contributed by atoms with Gasteiger partial charge in [-0.2, -0.15) is 0 Å². The molecule has 0 atom stereocenters. The van der Waals surface area contributed by atoms with E-state index in [1.54, 1.807) is 18.2 Å². The maximum atomic E-state index is 11.7. The van der Waals surface area contributed by atoms with Crippen molar-refractivity contribution < 1.29 is 15.0 Å². The van der Waals surface area contributed by atoms with Gasteiger partial charge < -0.3 is 15.1 Å². The first-order valence-electron chi connectivity index (χ1n) is 9.40. The molecule has 1 aliphatic heterocycles. The van der Waals surface area contributed by atoms with Gasteiger partial charge in [-0.3, -0.25) is 4.90 Å². The van der Waals surface area contributed by atoms with Crippen molar-refractivity contribution in [1.82, 2.24) is 9.88 Å². The van der Waals surface area contributed by atoms with E-state index < -0.39 is 5.97 Å². The molecule has 0 bridgehead atoms. The number of hydrogen-bond donors (Lipinski definition) is 2. The second kappa shape index (κ2) is 7.48. The topological polar surface area (TPSA) is 76.9 Å². The van der Waals surface area contributed by atoms with Crippen LogP contribution in [-0.4, -0.2) is 52.2 Å². The second-order valence-electron chi connectivity index (χ2n) is 7.23. The molecule has 144 valence electrons. The lowest BCUT2D eigenvalue weighted by atomic mass is 10.1. The Hall–Kier alpha value is -3.12. The normalized spacial score (nSPS) is 15.1. The van der Waals surface area contributed by atoms with Crippen LogP contribution in [0.15, 0.2) is 48.5 Å². The fraction of sp³-hybridized carbons (Fsp3) is 0.273. The fourth-order valence-corrected chi connectivity index (χ4v) is 3.71. The number of aromatic hydroxyl groups is 1. The summed E-state index contributed by atoms with van der Waals surface area (Å²) in [4.78, 5) is 20.9. The summed E-state index contributed by atoms with van der Waals surface area (Å²) in [6.07, 6.45) is 0. The molecule has 3 aromatic rings. The van der Waals surface area contributed by atoms with E-state index in [0.717, 1.165) is 44.1 Å². The van der Waals surface area contributed by atoms with Crippen LogP contribution < -0.4 is 4.90 Å². The van der Waals surface area contributed by atoms with Crippen molar-refractivity contribution in [2.75, 3.05) is 31.1 Å². The molecule has 2 aromatic carbocycles. The first-order chi connectivity index (χ1) is 13.5. The molecular formula is C22H23N3O3. The molecule has 0 aliphatic carbocycles. The quantitative estimate of drug-likeness (QED) is 0.727. The molecule has 0 unspecified atom stereocenters. The SMILES string of the molecule is Cc1cc(CN2CCN(c3cc(C(=O)O)c4ccccc4n3)CC2)ccc1O. The zero-order chi connectivity index (χ0) is 19.7. The van der Waals surface area contributed by atoms with E-state index in [9.17, 15) is 15.0 Å². The van der Waals surface area contributed by atoms with Gasteiger partial charge in [0.05, 0.1) is 11.1 Å². The molecule has 2 N–H and O–H groups in total. The maximum absolute atomic E-state index is 11.7. The van der Waals surface area contributed by atoms with Crippen LogP contribution in [-0.2, 0) is 6.54 Å². The third-order valence-corrected chi connectivity index (χ3v) is 5.30. The van der Waals surface area contributed by atoms with Gasteiger partial charge in [-0.1, -0.05) is 30.3 Å². The Balaban J connectivity index is 1.49. The number of carboxylic acids is 1. The number of aromatic carboxylic acids is 1. The highest BCUT2D eigenvalue weighted by Crippen LogP contribution is 2.24. The number of hydrogen-bond acceptors (Lipinski definition) is 5. The van der Waals surface area contributed by atoms with E-state index in [2.05, 4.69) is 14.8 Å². The summed E-state index contributed by atoms with van der Waals surface area (Å²) < 4.78 is 0. The standard InChI is InChI=1S/C22H23N3O3/c1-15-12-16(6-7-20(15)26)14-24-8-10-25(11-9-24)21-13-18(22(27)28)17-4-2-3-5-19(17)23-21/h2-7,12-13,26H,8-11,14H2,1H3,(H,27,28). The van der Waals surface area contributed by atoms with Crippen molar-refractivity contribution in [2.45, 2.75) is 13.5 Å². The molecule has 1 saturated heterocycles. The lowest BCUT2D eigenvalue weighted by Crippen LogP contribution is -2.46. The van der Waals surface area contributed by atoms with Crippen molar-refractivity contribution in [3.63, 3.8) is 0 Å². The molecule has 6 nitrogen and oxygen atoms in total. The Kier molecular flexibility index (Phi) is 4.88. The van der Waals surface area contributed by atoms with Crippen LogP contribution in [0.5, 0.6) is 5.75 Å². The predicted molar refractivity (Wildman–Crippen MR) is 109 cm³/mol. The lowest BCUT2D eigenvalue weighted by Gasteiger charge is -2.35. The van der Waals surface area contributed by atoms with Crippen LogP contribution >= 0.6 is 0 Å². The molecule has 6 heteroatoms. The molecule has 1 fully saturated rings. The van der Waals surface area contributed by atoms with Gasteiger partial charge >= 0.3 is 5.97 Å². The van der Waals surface area contributed by atoms with Gasteiger partial charge in [0, 0.05) is 38.1 Å². The maximum Gasteiger partial charge on any atom is 0.336 e. The smallest absolute Gasteiger partial charge is 0.336 e. The highest BCUT2D eigenvalue weighted by molar-refractivity contribution is 6.03. The predicted octanol–water partition coefficient (Wildman–Crippen LogP) is 3.27. The number of para-hydroxylation sites is 1. The molecule has 1 aromatic heterocycles. The molecule has 4 rings (SSSR count). The van der Waals surface area contributed by atoms with Crippen LogP contribution in [0.4, 0.5) is 5.82 Å². The summed E-state index contributed by atoms with van der Waals surface area (Å²) in [6.45, 7) is 6.07. The molecule has 1 aliphatic rings. The number of aromatic nitrogens is 1. The number of anilines is 1. The van der Waals surface area contributed by atoms with Gasteiger partial charge in [0.15, 0.2) is 0 Å². The number of phenols is 1. The number of aryl methyl sites for hydroxylation is 1. The zero-order valence-electron chi connectivity index (χ0n) is 15.8. The molecule has 0 amide bonds. The number of carbonyl (C=O) groups is 1. The molecule has 0 spiro atoms. The van der Waals surface area contributed by atoms with Gasteiger partial charge in [-0.15, -0.1) is 0 Å². The Morgan fingerprint density at radius 1 is 1.07 bits per heavy atom. The van der Waals surface area contributed by atoms with Crippen molar-refractivity contribution >= 4 is 22.7 Å². The number of benzene rings is 2. The van der Waals surface area contributed by atoms with Gasteiger partial charge in [0.2, 0.25) is 0 Å². The van der Waals surface area contributed by atoms with E-state index in [4.69, 9.17) is 0 Å². The Labute approximate surface area is 163 Å². The van der Waals surface area contributed by atoms with Crippen LogP contribution in [0, 0.1) is 6.92 Å². The van der Waals surface area contributed by atoms with Crippen LogP contribution in [0.25, 0.3) is 10.9 Å². The summed E-state index contributed by atoms with van der Waals surface area (Å²) in [5, 5.41) is 19.9. The van der Waals surface area contributed by atoms with Gasteiger partial charge in [-0.05, 0) is 36.2 Å². The monoisotopic (exact) mass is 377 g/mol. The highest BCUT2D eigenvalue weighted by atomic mass is 16.4. The van der Waals surface area contributed by atoms with Gasteiger partial charge in [0.1, 0.15) is 11.6 Å². The number of piperazine rings is 1. The minimum absolute atomic E-state index is 0.294. The van der Waals surface area contributed by atoms with Crippen molar-refractivity contribution in [2.24, 2.45) is 0 Å². The minimum atomic E-state index is -0.929. The summed E-state index contributed by atoms with van der Waals surface area (Å²) in [6, 6.07) is 14.8. The first kappa shape index (κ1) is 18.3. The average molecular weight is 377 g/mol. The summed E-state index contributed by atoms with van der Waals surface area (Å²) in [7, 11) is 0. The van der Waals surface area contributed by atoms with Crippen LogP contribution in [0.3, 0.4) is 0 Å². The zero-order valence-corrected chi connectivity index (χ0v) is 15.8. The molecule has 2 heterocycles. The second-order valence-corrected chi connectivity index (χ2v) is 7.23. The third-order valence-electron chi connectivity index (χ3n) is 5.30. The van der Waals surface area contributed by atoms with Crippen LogP contribution in [0.1, 0.15) is 21.5 Å². The molecule has 0 saturated carbocycles. The van der Waals surface area contributed by atoms with Gasteiger partial charge in [0.25, 0.3) is 0 Å². The largest absolute Gasteiger partial charge is 0.508 e. The van der Waals surface area contributed by atoms with Crippen molar-refractivity contribution in [3.05, 3.63) is 65.2 Å². The van der Waals surface area contributed by atoms with E-state index >= 15 is 0 Å². The van der Waals surface area contributed by atoms with Gasteiger partial charge in [-0.25, -0.2) is 9.78 Å². The average Bonchev–Trinajstić information content (AvgIpc) is 2.70. The summed E-state index contributed by atoms with van der Waals surface area (Å²) in [5.41, 5.74) is 3.07. The minimum Gasteiger partial charge on any atom is -0.508 e. The number of phenolic OH excluding ortho intramolecular Hbond substituents is 1. The number of carboxylic acid groups (broad SMARTS) is 1. The Morgan fingerprint density at radius 3 is 2.54 bits per heavy atom. The van der Waals surface area contributed by atoms with E-state index in [1.165, 1.54) is 5.56 Å². The number of nitrogens with zero attached hydrogens (tertiary/aromatic N) is 3. The molecule has 0 radical (unpaired) electrons. The number of fused-ring (bicyclic) bond motifs is 1. The fourth-order valence-electron chi connectivity index (χ4n) is 3.71. The summed E-state index contributed by atoms with van der Waals surface area (Å²) in [5.74, 6) is 0.114.